The molecule has 1 heteroatoms. The van der Waals surface area contributed by atoms with Gasteiger partial charge in [-0.05, 0) is 17.5 Å². The predicted octanol–water partition coefficient (Wildman–Crippen LogP) is 3.99. The molecule has 0 unspecified atom stereocenters. The normalized spacial score (nSPS) is 22.8. The number of benzene rings is 2. The van der Waals surface area contributed by atoms with Crippen LogP contribution in [0.1, 0.15) is 29.5 Å². The van der Waals surface area contributed by atoms with Gasteiger partial charge in [0.15, 0.2) is 0 Å². The molecule has 1 heterocycles. The third-order valence-corrected chi connectivity index (χ3v) is 3.38. The van der Waals surface area contributed by atoms with Gasteiger partial charge in [0.2, 0.25) is 0 Å². The lowest BCUT2D eigenvalue weighted by Gasteiger charge is -2.18. The van der Waals surface area contributed by atoms with Gasteiger partial charge in [-0.2, -0.15) is 0 Å². The molecule has 0 bridgehead atoms. The van der Waals surface area contributed by atoms with E-state index in [2.05, 4.69) is 71.9 Å². The van der Waals surface area contributed by atoms with Gasteiger partial charge in [0.05, 0.1) is 6.04 Å². The van der Waals surface area contributed by atoms with Gasteiger partial charge >= 0.3 is 0 Å². The van der Waals surface area contributed by atoms with E-state index in [9.17, 15) is 0 Å². The second kappa shape index (κ2) is 4.54. The van der Waals surface area contributed by atoms with Crippen molar-refractivity contribution in [2.75, 3.05) is 0 Å². The standard InChI is InChI=1S/C16H15N/c1-3-7-13(8-4-1)15-11-12-17-16(15)14-9-5-2-6-10-14/h1-10,12,15-16H,11H2/t15-,16-/m1/s1. The molecular formula is C16H15N. The Kier molecular flexibility index (Phi) is 2.74. The van der Waals surface area contributed by atoms with Crippen LogP contribution in [0.2, 0.25) is 0 Å². The first-order valence-electron chi connectivity index (χ1n) is 6.06. The van der Waals surface area contributed by atoms with Crippen molar-refractivity contribution in [3.05, 3.63) is 71.8 Å². The van der Waals surface area contributed by atoms with Crippen LogP contribution in [-0.4, -0.2) is 6.21 Å². The van der Waals surface area contributed by atoms with E-state index in [-0.39, 0.29) is 0 Å². The molecule has 1 nitrogen and oxygen atoms in total. The molecule has 0 aromatic heterocycles. The van der Waals surface area contributed by atoms with Gasteiger partial charge in [-0.3, -0.25) is 4.99 Å². The minimum Gasteiger partial charge on any atom is -0.289 e. The zero-order valence-corrected chi connectivity index (χ0v) is 9.66. The minimum atomic E-state index is 0.290. The molecule has 0 aliphatic carbocycles. The highest BCUT2D eigenvalue weighted by atomic mass is 14.8. The largest absolute Gasteiger partial charge is 0.289 e. The summed E-state index contributed by atoms with van der Waals surface area (Å²) in [6.07, 6.45) is 3.11. The van der Waals surface area contributed by atoms with E-state index in [1.165, 1.54) is 11.1 Å². The molecule has 0 N–H and O–H groups in total. The van der Waals surface area contributed by atoms with Crippen LogP contribution >= 0.6 is 0 Å². The number of rotatable bonds is 2. The highest BCUT2D eigenvalue weighted by molar-refractivity contribution is 5.63. The van der Waals surface area contributed by atoms with E-state index < -0.39 is 0 Å². The van der Waals surface area contributed by atoms with Crippen LogP contribution in [-0.2, 0) is 0 Å². The number of nitrogens with zero attached hydrogens (tertiary/aromatic N) is 1. The zero-order valence-electron chi connectivity index (χ0n) is 9.66. The Labute approximate surface area is 102 Å². The van der Waals surface area contributed by atoms with Crippen LogP contribution in [0.3, 0.4) is 0 Å². The maximum atomic E-state index is 4.64. The summed E-state index contributed by atoms with van der Waals surface area (Å²) in [4.78, 5) is 4.64. The van der Waals surface area contributed by atoms with Crippen LogP contribution < -0.4 is 0 Å². The van der Waals surface area contributed by atoms with E-state index in [1.54, 1.807) is 0 Å². The first-order valence-corrected chi connectivity index (χ1v) is 6.06. The van der Waals surface area contributed by atoms with E-state index in [1.807, 2.05) is 0 Å². The summed E-state index contributed by atoms with van der Waals surface area (Å²) in [5.74, 6) is 0.499. The van der Waals surface area contributed by atoms with Gasteiger partial charge in [0.25, 0.3) is 0 Å². The van der Waals surface area contributed by atoms with Crippen molar-refractivity contribution in [1.29, 1.82) is 0 Å². The predicted molar refractivity (Wildman–Crippen MR) is 71.5 cm³/mol. The van der Waals surface area contributed by atoms with E-state index >= 15 is 0 Å². The van der Waals surface area contributed by atoms with Crippen LogP contribution in [0.5, 0.6) is 0 Å². The first kappa shape index (κ1) is 10.3. The minimum absolute atomic E-state index is 0.290. The maximum Gasteiger partial charge on any atom is 0.0817 e. The van der Waals surface area contributed by atoms with Crippen LogP contribution in [0.15, 0.2) is 65.7 Å². The summed E-state index contributed by atoms with van der Waals surface area (Å²) in [7, 11) is 0. The van der Waals surface area contributed by atoms with Crippen molar-refractivity contribution in [2.24, 2.45) is 4.99 Å². The van der Waals surface area contributed by atoms with Gasteiger partial charge in [-0.25, -0.2) is 0 Å². The average molecular weight is 221 g/mol. The SMILES string of the molecule is C1=N[C@H](c2ccccc2)[C@@H](c2ccccc2)C1. The zero-order chi connectivity index (χ0) is 11.5. The van der Waals surface area contributed by atoms with Crippen LogP contribution in [0.4, 0.5) is 0 Å². The topological polar surface area (TPSA) is 12.4 Å². The molecule has 1 aliphatic rings. The molecule has 84 valence electrons. The molecule has 0 saturated carbocycles. The molecule has 0 fully saturated rings. The Morgan fingerprint density at radius 2 is 1.35 bits per heavy atom. The quantitative estimate of drug-likeness (QED) is 0.727. The second-order valence-electron chi connectivity index (χ2n) is 4.44. The summed E-state index contributed by atoms with van der Waals surface area (Å²) in [6, 6.07) is 21.5. The van der Waals surface area contributed by atoms with Gasteiger partial charge < -0.3 is 0 Å². The fourth-order valence-electron chi connectivity index (χ4n) is 2.51. The Hall–Kier alpha value is -1.89. The summed E-state index contributed by atoms with van der Waals surface area (Å²) >= 11 is 0. The van der Waals surface area contributed by atoms with Crippen molar-refractivity contribution in [2.45, 2.75) is 18.4 Å². The molecule has 2 aromatic carbocycles. The lowest BCUT2D eigenvalue weighted by atomic mass is 9.87. The lowest BCUT2D eigenvalue weighted by molar-refractivity contribution is 0.615. The number of hydrogen-bond acceptors (Lipinski definition) is 1. The summed E-state index contributed by atoms with van der Waals surface area (Å²) in [5.41, 5.74) is 2.70. The summed E-state index contributed by atoms with van der Waals surface area (Å²) < 4.78 is 0. The molecular weight excluding hydrogens is 206 g/mol. The van der Waals surface area contributed by atoms with E-state index in [0.717, 1.165) is 6.42 Å². The molecule has 3 rings (SSSR count). The fourth-order valence-corrected chi connectivity index (χ4v) is 2.51. The van der Waals surface area contributed by atoms with Crippen molar-refractivity contribution in [3.8, 4) is 0 Å². The number of hydrogen-bond donors (Lipinski definition) is 0. The second-order valence-corrected chi connectivity index (χ2v) is 4.44. The van der Waals surface area contributed by atoms with Crippen molar-refractivity contribution in [3.63, 3.8) is 0 Å². The molecule has 0 saturated heterocycles. The summed E-state index contributed by atoms with van der Waals surface area (Å²) in [6.45, 7) is 0. The van der Waals surface area contributed by atoms with Gasteiger partial charge in [-0.1, -0.05) is 60.7 Å². The molecule has 2 atom stereocenters. The molecule has 2 aromatic rings. The van der Waals surface area contributed by atoms with Crippen molar-refractivity contribution < 1.29 is 0 Å². The molecule has 17 heavy (non-hydrogen) atoms. The highest BCUT2D eigenvalue weighted by Gasteiger charge is 2.26. The van der Waals surface area contributed by atoms with Crippen molar-refractivity contribution in [1.82, 2.24) is 0 Å². The molecule has 0 amide bonds. The lowest BCUT2D eigenvalue weighted by Crippen LogP contribution is -2.04. The summed E-state index contributed by atoms with van der Waals surface area (Å²) in [5, 5.41) is 0. The van der Waals surface area contributed by atoms with Gasteiger partial charge in [0.1, 0.15) is 0 Å². The Morgan fingerprint density at radius 1 is 0.765 bits per heavy atom. The first-order chi connectivity index (χ1) is 8.45. The Balaban J connectivity index is 1.93. The highest BCUT2D eigenvalue weighted by Crippen LogP contribution is 2.39. The fraction of sp³-hybridized carbons (Fsp3) is 0.188. The Morgan fingerprint density at radius 3 is 2.00 bits per heavy atom. The molecule has 1 aliphatic heterocycles. The molecule has 0 spiro atoms. The Bertz CT molecular complexity index is 502. The maximum absolute atomic E-state index is 4.64. The monoisotopic (exact) mass is 221 g/mol. The van der Waals surface area contributed by atoms with E-state index in [0.29, 0.717) is 12.0 Å². The van der Waals surface area contributed by atoms with Crippen LogP contribution in [0, 0.1) is 0 Å². The van der Waals surface area contributed by atoms with Crippen LogP contribution in [0.25, 0.3) is 0 Å². The third-order valence-electron chi connectivity index (χ3n) is 3.38. The average Bonchev–Trinajstić information content (AvgIpc) is 2.90. The van der Waals surface area contributed by atoms with Gasteiger partial charge in [0, 0.05) is 12.1 Å². The molecule has 0 radical (unpaired) electrons. The number of aliphatic imine (C=N–C) groups is 1. The van der Waals surface area contributed by atoms with Gasteiger partial charge in [-0.15, -0.1) is 0 Å². The van der Waals surface area contributed by atoms with Crippen molar-refractivity contribution >= 4 is 6.21 Å². The smallest absolute Gasteiger partial charge is 0.0817 e. The van der Waals surface area contributed by atoms with E-state index in [4.69, 9.17) is 0 Å². The third kappa shape index (κ3) is 2.01.